The summed E-state index contributed by atoms with van der Waals surface area (Å²) in [5, 5.41) is 0. The van der Waals surface area contributed by atoms with Gasteiger partial charge >= 0.3 is 0 Å². The molecule has 0 saturated heterocycles. The number of ether oxygens (including phenoxy) is 1. The van der Waals surface area contributed by atoms with Crippen LogP contribution >= 0.6 is 0 Å². The molecule has 0 radical (unpaired) electrons. The highest BCUT2D eigenvalue weighted by molar-refractivity contribution is 5.28. The second-order valence-electron chi connectivity index (χ2n) is 5.42. The molecule has 0 aliphatic heterocycles. The predicted molar refractivity (Wildman–Crippen MR) is 75.9 cm³/mol. The molecule has 1 saturated carbocycles. The quantitative estimate of drug-likeness (QED) is 0.797. The monoisotopic (exact) mass is 247 g/mol. The molecule has 0 amide bonds. The molecule has 0 bridgehead atoms. The van der Waals surface area contributed by atoms with Crippen LogP contribution in [-0.4, -0.2) is 12.1 Å². The maximum atomic E-state index is 6.16. The first kappa shape index (κ1) is 13.4. The van der Waals surface area contributed by atoms with Gasteiger partial charge in [-0.3, -0.25) is 0 Å². The minimum Gasteiger partial charge on any atom is -0.487 e. The number of unbranched alkanes of at least 4 members (excludes halogenated alkanes) is 1. The van der Waals surface area contributed by atoms with Crippen molar-refractivity contribution in [2.45, 2.75) is 57.5 Å². The zero-order valence-corrected chi connectivity index (χ0v) is 11.5. The first-order valence-corrected chi connectivity index (χ1v) is 7.26. The van der Waals surface area contributed by atoms with E-state index in [1.807, 2.05) is 0 Å². The summed E-state index contributed by atoms with van der Waals surface area (Å²) in [4.78, 5) is 0. The first-order valence-electron chi connectivity index (χ1n) is 7.26. The van der Waals surface area contributed by atoms with Gasteiger partial charge in [0.05, 0.1) is 0 Å². The maximum Gasteiger partial charge on any atom is 0.120 e. The van der Waals surface area contributed by atoms with E-state index in [0.717, 1.165) is 25.0 Å². The molecular formula is C16H25NO. The van der Waals surface area contributed by atoms with Crippen molar-refractivity contribution in [3.63, 3.8) is 0 Å². The summed E-state index contributed by atoms with van der Waals surface area (Å²) in [6.07, 6.45) is 8.24. The van der Waals surface area contributed by atoms with E-state index in [4.69, 9.17) is 10.5 Å². The zero-order valence-electron chi connectivity index (χ0n) is 11.5. The Morgan fingerprint density at radius 1 is 1.22 bits per heavy atom. The fourth-order valence-electron chi connectivity index (χ4n) is 2.59. The van der Waals surface area contributed by atoms with Crippen molar-refractivity contribution in [3.8, 4) is 5.75 Å². The van der Waals surface area contributed by atoms with Gasteiger partial charge in [0, 0.05) is 0 Å². The molecule has 1 fully saturated rings. The lowest BCUT2D eigenvalue weighted by Crippen LogP contribution is -2.44. The van der Waals surface area contributed by atoms with Gasteiger partial charge < -0.3 is 10.5 Å². The van der Waals surface area contributed by atoms with Crippen LogP contribution in [0, 0.1) is 0 Å². The first-order chi connectivity index (χ1) is 8.78. The normalized spacial score (nSPS) is 17.2. The third-order valence-electron chi connectivity index (χ3n) is 3.94. The number of aryl methyl sites for hydroxylation is 1. The molecule has 1 aliphatic carbocycles. The third kappa shape index (κ3) is 3.26. The van der Waals surface area contributed by atoms with Crippen LogP contribution in [0.5, 0.6) is 5.75 Å². The van der Waals surface area contributed by atoms with Gasteiger partial charge in [0.25, 0.3) is 0 Å². The Kier molecular flexibility index (Phi) is 4.65. The van der Waals surface area contributed by atoms with Gasteiger partial charge in [-0.15, -0.1) is 0 Å². The summed E-state index contributed by atoms with van der Waals surface area (Å²) in [7, 11) is 0. The van der Waals surface area contributed by atoms with Gasteiger partial charge in [0.15, 0.2) is 0 Å². The standard InChI is InChI=1S/C16H25NO/c1-2-3-5-14-6-8-15(9-7-14)18-16(12-13-17)10-4-11-16/h6-9H,2-5,10-13,17H2,1H3. The summed E-state index contributed by atoms with van der Waals surface area (Å²) in [6.45, 7) is 2.94. The second-order valence-corrected chi connectivity index (χ2v) is 5.42. The van der Waals surface area contributed by atoms with Crippen LogP contribution in [0.4, 0.5) is 0 Å². The van der Waals surface area contributed by atoms with E-state index in [-0.39, 0.29) is 5.60 Å². The Morgan fingerprint density at radius 2 is 1.94 bits per heavy atom. The average Bonchev–Trinajstić information content (AvgIpc) is 2.35. The molecule has 0 unspecified atom stereocenters. The van der Waals surface area contributed by atoms with Crippen LogP contribution in [0.2, 0.25) is 0 Å². The van der Waals surface area contributed by atoms with Crippen LogP contribution in [0.15, 0.2) is 24.3 Å². The second kappa shape index (κ2) is 6.24. The number of hydrogen-bond donors (Lipinski definition) is 1. The molecule has 0 heterocycles. The molecule has 1 aromatic rings. The molecule has 2 N–H and O–H groups in total. The Balaban J connectivity index is 1.93. The summed E-state index contributed by atoms with van der Waals surface area (Å²) in [5.41, 5.74) is 7.13. The predicted octanol–water partition coefficient (Wildman–Crippen LogP) is 3.68. The maximum absolute atomic E-state index is 6.16. The third-order valence-corrected chi connectivity index (χ3v) is 3.94. The highest BCUT2D eigenvalue weighted by atomic mass is 16.5. The molecule has 0 spiro atoms. The fourth-order valence-corrected chi connectivity index (χ4v) is 2.59. The summed E-state index contributed by atoms with van der Waals surface area (Å²) in [6, 6.07) is 8.61. The average molecular weight is 247 g/mol. The van der Waals surface area contributed by atoms with Crippen molar-refractivity contribution >= 4 is 0 Å². The number of hydrogen-bond acceptors (Lipinski definition) is 2. The van der Waals surface area contributed by atoms with E-state index in [9.17, 15) is 0 Å². The Bertz CT molecular complexity index is 354. The molecule has 2 heteroatoms. The lowest BCUT2D eigenvalue weighted by molar-refractivity contribution is -0.0125. The summed E-state index contributed by atoms with van der Waals surface area (Å²) in [5.74, 6) is 1.00. The van der Waals surface area contributed by atoms with Crippen LogP contribution in [-0.2, 0) is 6.42 Å². The highest BCUT2D eigenvalue weighted by Crippen LogP contribution is 2.39. The summed E-state index contributed by atoms with van der Waals surface area (Å²) >= 11 is 0. The van der Waals surface area contributed by atoms with Crippen molar-refractivity contribution in [1.82, 2.24) is 0 Å². The van der Waals surface area contributed by atoms with Crippen LogP contribution < -0.4 is 10.5 Å². The highest BCUT2D eigenvalue weighted by Gasteiger charge is 2.38. The number of benzene rings is 1. The SMILES string of the molecule is CCCCc1ccc(OC2(CCN)CCC2)cc1. The van der Waals surface area contributed by atoms with Gasteiger partial charge in [-0.25, -0.2) is 0 Å². The van der Waals surface area contributed by atoms with Gasteiger partial charge in [0.1, 0.15) is 11.4 Å². The Morgan fingerprint density at radius 3 is 2.44 bits per heavy atom. The van der Waals surface area contributed by atoms with E-state index in [1.54, 1.807) is 0 Å². The van der Waals surface area contributed by atoms with Crippen molar-refractivity contribution in [1.29, 1.82) is 0 Å². The zero-order chi connectivity index (χ0) is 12.8. The molecular weight excluding hydrogens is 222 g/mol. The van der Waals surface area contributed by atoms with Crippen molar-refractivity contribution < 1.29 is 4.74 Å². The van der Waals surface area contributed by atoms with E-state index < -0.39 is 0 Å². The fraction of sp³-hybridized carbons (Fsp3) is 0.625. The van der Waals surface area contributed by atoms with Crippen molar-refractivity contribution in [2.24, 2.45) is 5.73 Å². The molecule has 0 aromatic heterocycles. The molecule has 1 aliphatic rings. The molecule has 100 valence electrons. The Hall–Kier alpha value is -1.02. The molecule has 0 atom stereocenters. The lowest BCUT2D eigenvalue weighted by Gasteiger charge is -2.41. The van der Waals surface area contributed by atoms with Crippen molar-refractivity contribution in [2.75, 3.05) is 6.54 Å². The van der Waals surface area contributed by atoms with E-state index in [0.29, 0.717) is 6.54 Å². The Labute approximate surface area is 111 Å². The number of rotatable bonds is 7. The van der Waals surface area contributed by atoms with Gasteiger partial charge in [-0.2, -0.15) is 0 Å². The van der Waals surface area contributed by atoms with Crippen LogP contribution in [0.1, 0.15) is 51.0 Å². The molecule has 2 nitrogen and oxygen atoms in total. The van der Waals surface area contributed by atoms with Gasteiger partial charge in [0.2, 0.25) is 0 Å². The number of nitrogens with two attached hydrogens (primary N) is 1. The summed E-state index contributed by atoms with van der Waals surface area (Å²) < 4.78 is 6.16. The molecule has 1 aromatic carbocycles. The van der Waals surface area contributed by atoms with E-state index in [2.05, 4.69) is 31.2 Å². The van der Waals surface area contributed by atoms with E-state index in [1.165, 1.54) is 31.2 Å². The molecule has 18 heavy (non-hydrogen) atoms. The van der Waals surface area contributed by atoms with Gasteiger partial charge in [-0.1, -0.05) is 25.5 Å². The topological polar surface area (TPSA) is 35.2 Å². The lowest BCUT2D eigenvalue weighted by atomic mass is 9.77. The smallest absolute Gasteiger partial charge is 0.120 e. The van der Waals surface area contributed by atoms with Crippen LogP contribution in [0.3, 0.4) is 0 Å². The van der Waals surface area contributed by atoms with E-state index >= 15 is 0 Å². The van der Waals surface area contributed by atoms with Crippen molar-refractivity contribution in [3.05, 3.63) is 29.8 Å². The van der Waals surface area contributed by atoms with Gasteiger partial charge in [-0.05, 0) is 62.8 Å². The largest absolute Gasteiger partial charge is 0.487 e. The van der Waals surface area contributed by atoms with Crippen LogP contribution in [0.25, 0.3) is 0 Å². The molecule has 2 rings (SSSR count). The minimum absolute atomic E-state index is 0.0414. The minimum atomic E-state index is 0.0414.